The number of hydrogen-bond donors (Lipinski definition) is 0. The number of carbonyl (C=O) groups excluding carboxylic acids is 1. The standard InChI is InChI=1S/C23H27NO3/c1-26-21-13-11-19(17-22(21)27-2)12-14-23(25)24-15-7-6-10-20(24)16-18-8-4-3-5-9-18/h3-5,8-9,11-14,17,20H,6-7,10,15-16H2,1-2H3/b14-12-/t20-/m1/s1. The highest BCUT2D eigenvalue weighted by atomic mass is 16.5. The first-order valence-corrected chi connectivity index (χ1v) is 9.46. The Morgan fingerprint density at radius 2 is 1.85 bits per heavy atom. The van der Waals surface area contributed by atoms with Crippen LogP contribution in [-0.2, 0) is 11.2 Å². The first kappa shape index (κ1) is 19.0. The van der Waals surface area contributed by atoms with Crippen LogP contribution in [0.25, 0.3) is 6.08 Å². The van der Waals surface area contributed by atoms with Crippen LogP contribution in [-0.4, -0.2) is 37.6 Å². The minimum Gasteiger partial charge on any atom is -0.493 e. The largest absolute Gasteiger partial charge is 0.493 e. The predicted molar refractivity (Wildman–Crippen MR) is 108 cm³/mol. The van der Waals surface area contributed by atoms with Crippen molar-refractivity contribution in [2.24, 2.45) is 0 Å². The highest BCUT2D eigenvalue weighted by Gasteiger charge is 2.25. The zero-order valence-electron chi connectivity index (χ0n) is 16.1. The van der Waals surface area contributed by atoms with Gasteiger partial charge in [-0.2, -0.15) is 0 Å². The predicted octanol–water partition coefficient (Wildman–Crippen LogP) is 4.34. The molecule has 2 aromatic carbocycles. The van der Waals surface area contributed by atoms with Gasteiger partial charge in [0, 0.05) is 18.7 Å². The van der Waals surface area contributed by atoms with E-state index >= 15 is 0 Å². The Labute approximate surface area is 161 Å². The Balaban J connectivity index is 1.70. The minimum atomic E-state index is 0.0745. The van der Waals surface area contributed by atoms with Crippen molar-refractivity contribution in [3.05, 3.63) is 65.7 Å². The molecule has 1 heterocycles. The summed E-state index contributed by atoms with van der Waals surface area (Å²) >= 11 is 0. The highest BCUT2D eigenvalue weighted by molar-refractivity contribution is 5.92. The van der Waals surface area contributed by atoms with Crippen LogP contribution < -0.4 is 9.47 Å². The topological polar surface area (TPSA) is 38.8 Å². The molecule has 0 aliphatic carbocycles. The van der Waals surface area contributed by atoms with Crippen LogP contribution in [0.15, 0.2) is 54.6 Å². The average Bonchev–Trinajstić information content (AvgIpc) is 2.73. The van der Waals surface area contributed by atoms with Crippen molar-refractivity contribution in [3.8, 4) is 11.5 Å². The maximum absolute atomic E-state index is 12.8. The SMILES string of the molecule is COc1ccc(/C=C\C(=O)N2CCCC[C@@H]2Cc2ccccc2)cc1OC. The number of nitrogens with zero attached hydrogens (tertiary/aromatic N) is 1. The summed E-state index contributed by atoms with van der Waals surface area (Å²) < 4.78 is 10.6. The van der Waals surface area contributed by atoms with Crippen LogP contribution in [0.5, 0.6) is 11.5 Å². The molecule has 0 saturated carbocycles. The van der Waals surface area contributed by atoms with Gasteiger partial charge in [-0.3, -0.25) is 4.79 Å². The number of likely N-dealkylation sites (tertiary alicyclic amines) is 1. The molecule has 0 radical (unpaired) electrons. The number of ether oxygens (including phenoxy) is 2. The summed E-state index contributed by atoms with van der Waals surface area (Å²) in [4.78, 5) is 14.9. The number of piperidine rings is 1. The molecule has 0 spiro atoms. The smallest absolute Gasteiger partial charge is 0.246 e. The maximum atomic E-state index is 12.8. The Hall–Kier alpha value is -2.75. The molecule has 0 unspecified atom stereocenters. The molecule has 1 fully saturated rings. The Bertz CT molecular complexity index is 785. The van der Waals surface area contributed by atoms with Crippen molar-refractivity contribution in [3.63, 3.8) is 0 Å². The van der Waals surface area contributed by atoms with E-state index in [0.717, 1.165) is 31.4 Å². The second-order valence-electron chi connectivity index (χ2n) is 6.82. The number of benzene rings is 2. The molecule has 1 aliphatic heterocycles. The van der Waals surface area contributed by atoms with Gasteiger partial charge in [0.25, 0.3) is 0 Å². The summed E-state index contributed by atoms with van der Waals surface area (Å²) in [7, 11) is 3.22. The summed E-state index contributed by atoms with van der Waals surface area (Å²) in [5.41, 5.74) is 2.20. The average molecular weight is 365 g/mol. The molecule has 0 aromatic heterocycles. The van der Waals surface area contributed by atoms with E-state index < -0.39 is 0 Å². The van der Waals surface area contributed by atoms with Gasteiger partial charge in [-0.05, 0) is 55.0 Å². The molecule has 142 valence electrons. The van der Waals surface area contributed by atoms with Crippen molar-refractivity contribution in [1.82, 2.24) is 4.90 Å². The molecule has 0 N–H and O–H groups in total. The Morgan fingerprint density at radius 3 is 2.59 bits per heavy atom. The fraction of sp³-hybridized carbons (Fsp3) is 0.348. The molecular weight excluding hydrogens is 338 g/mol. The van der Waals surface area contributed by atoms with Gasteiger partial charge in [-0.15, -0.1) is 0 Å². The molecule has 4 nitrogen and oxygen atoms in total. The third-order valence-corrected chi connectivity index (χ3v) is 5.05. The molecule has 27 heavy (non-hydrogen) atoms. The van der Waals surface area contributed by atoms with E-state index in [1.807, 2.05) is 35.2 Å². The molecular formula is C23H27NO3. The zero-order valence-corrected chi connectivity index (χ0v) is 16.1. The van der Waals surface area contributed by atoms with Crippen LogP contribution >= 0.6 is 0 Å². The third-order valence-electron chi connectivity index (χ3n) is 5.05. The molecule has 0 bridgehead atoms. The minimum absolute atomic E-state index is 0.0745. The van der Waals surface area contributed by atoms with Gasteiger partial charge in [0.15, 0.2) is 11.5 Å². The summed E-state index contributed by atoms with van der Waals surface area (Å²) in [5.74, 6) is 1.41. The molecule has 4 heteroatoms. The van der Waals surface area contributed by atoms with Gasteiger partial charge >= 0.3 is 0 Å². The van der Waals surface area contributed by atoms with Crippen LogP contribution in [0.2, 0.25) is 0 Å². The number of rotatable bonds is 6. The second-order valence-corrected chi connectivity index (χ2v) is 6.82. The molecule has 2 aromatic rings. The van der Waals surface area contributed by atoms with Gasteiger partial charge in [0.2, 0.25) is 5.91 Å². The normalized spacial score (nSPS) is 17.1. The summed E-state index contributed by atoms with van der Waals surface area (Å²) in [6.45, 7) is 0.826. The summed E-state index contributed by atoms with van der Waals surface area (Å²) in [5, 5.41) is 0. The van der Waals surface area contributed by atoms with E-state index in [1.54, 1.807) is 20.3 Å². The molecule has 1 saturated heterocycles. The number of carbonyl (C=O) groups is 1. The van der Waals surface area contributed by atoms with Gasteiger partial charge < -0.3 is 14.4 Å². The van der Waals surface area contributed by atoms with E-state index in [0.29, 0.717) is 11.5 Å². The van der Waals surface area contributed by atoms with Gasteiger partial charge in [0.1, 0.15) is 0 Å². The van der Waals surface area contributed by atoms with E-state index in [9.17, 15) is 4.79 Å². The van der Waals surface area contributed by atoms with Crippen LogP contribution in [0.3, 0.4) is 0 Å². The maximum Gasteiger partial charge on any atom is 0.246 e. The van der Waals surface area contributed by atoms with E-state index in [4.69, 9.17) is 9.47 Å². The summed E-state index contributed by atoms with van der Waals surface area (Å²) in [6, 6.07) is 16.3. The lowest BCUT2D eigenvalue weighted by Gasteiger charge is -2.35. The fourth-order valence-electron chi connectivity index (χ4n) is 3.61. The molecule has 1 amide bonds. The lowest BCUT2D eigenvalue weighted by atomic mass is 9.95. The number of amides is 1. The van der Waals surface area contributed by atoms with Crippen molar-refractivity contribution < 1.29 is 14.3 Å². The number of hydrogen-bond acceptors (Lipinski definition) is 3. The fourth-order valence-corrected chi connectivity index (χ4v) is 3.61. The van der Waals surface area contributed by atoms with Crippen molar-refractivity contribution in [2.45, 2.75) is 31.7 Å². The monoisotopic (exact) mass is 365 g/mol. The van der Waals surface area contributed by atoms with Crippen molar-refractivity contribution in [2.75, 3.05) is 20.8 Å². The molecule has 3 rings (SSSR count). The van der Waals surface area contributed by atoms with Crippen molar-refractivity contribution >= 4 is 12.0 Å². The van der Waals surface area contributed by atoms with Gasteiger partial charge in [-0.25, -0.2) is 0 Å². The first-order chi connectivity index (χ1) is 13.2. The van der Waals surface area contributed by atoms with Crippen LogP contribution in [0.1, 0.15) is 30.4 Å². The molecule has 1 aliphatic rings. The molecule has 1 atom stereocenters. The lowest BCUT2D eigenvalue weighted by Crippen LogP contribution is -2.44. The number of methoxy groups -OCH3 is 2. The van der Waals surface area contributed by atoms with Gasteiger partial charge in [0.05, 0.1) is 14.2 Å². The first-order valence-electron chi connectivity index (χ1n) is 9.46. The van der Waals surface area contributed by atoms with E-state index in [-0.39, 0.29) is 11.9 Å². The second kappa shape index (κ2) is 9.26. The summed E-state index contributed by atoms with van der Waals surface area (Å²) in [6.07, 6.45) is 7.74. The third kappa shape index (κ3) is 4.91. The highest BCUT2D eigenvalue weighted by Crippen LogP contribution is 2.28. The lowest BCUT2D eigenvalue weighted by molar-refractivity contribution is -0.129. The van der Waals surface area contributed by atoms with E-state index in [2.05, 4.69) is 24.3 Å². The van der Waals surface area contributed by atoms with Crippen molar-refractivity contribution in [1.29, 1.82) is 0 Å². The van der Waals surface area contributed by atoms with E-state index in [1.165, 1.54) is 12.0 Å². The Kier molecular flexibility index (Phi) is 6.53. The zero-order chi connectivity index (χ0) is 19.1. The van der Waals surface area contributed by atoms with Crippen LogP contribution in [0, 0.1) is 0 Å². The van der Waals surface area contributed by atoms with Crippen LogP contribution in [0.4, 0.5) is 0 Å². The quantitative estimate of drug-likeness (QED) is 0.715. The van der Waals surface area contributed by atoms with Gasteiger partial charge in [-0.1, -0.05) is 36.4 Å². The Morgan fingerprint density at radius 1 is 1.07 bits per heavy atom.